The van der Waals surface area contributed by atoms with Crippen molar-refractivity contribution in [2.24, 2.45) is 11.5 Å². The molecule has 0 fully saturated rings. The number of benzene rings is 1. The normalized spacial score (nSPS) is 14.7. The summed E-state index contributed by atoms with van der Waals surface area (Å²) >= 11 is 0. The highest BCUT2D eigenvalue weighted by Gasteiger charge is 2.24. The SMILES string of the molecule is C[C@](N)(CCc1ccccc1)C(N)=O. The van der Waals surface area contributed by atoms with Gasteiger partial charge in [-0.2, -0.15) is 0 Å². The van der Waals surface area contributed by atoms with E-state index < -0.39 is 11.4 Å². The van der Waals surface area contributed by atoms with Gasteiger partial charge in [-0.3, -0.25) is 4.79 Å². The quantitative estimate of drug-likeness (QED) is 0.741. The lowest BCUT2D eigenvalue weighted by Crippen LogP contribution is -2.49. The zero-order valence-electron chi connectivity index (χ0n) is 8.36. The molecule has 1 rings (SSSR count). The Morgan fingerprint density at radius 3 is 2.43 bits per heavy atom. The molecule has 0 heterocycles. The van der Waals surface area contributed by atoms with Gasteiger partial charge in [-0.1, -0.05) is 30.3 Å². The molecule has 0 saturated carbocycles. The minimum atomic E-state index is -0.907. The number of carbonyl (C=O) groups is 1. The van der Waals surface area contributed by atoms with Gasteiger partial charge in [-0.05, 0) is 25.3 Å². The number of hydrogen-bond acceptors (Lipinski definition) is 2. The number of rotatable bonds is 4. The van der Waals surface area contributed by atoms with Crippen molar-refractivity contribution in [3.05, 3.63) is 35.9 Å². The molecule has 0 unspecified atom stereocenters. The van der Waals surface area contributed by atoms with E-state index in [-0.39, 0.29) is 0 Å². The van der Waals surface area contributed by atoms with Crippen LogP contribution in [0.25, 0.3) is 0 Å². The summed E-state index contributed by atoms with van der Waals surface area (Å²) in [5.41, 5.74) is 11.2. The van der Waals surface area contributed by atoms with E-state index in [0.29, 0.717) is 6.42 Å². The third-order valence-corrected chi connectivity index (χ3v) is 2.34. The summed E-state index contributed by atoms with van der Waals surface area (Å²) in [5.74, 6) is -0.451. The van der Waals surface area contributed by atoms with E-state index in [1.54, 1.807) is 6.92 Å². The minimum absolute atomic E-state index is 0.451. The Morgan fingerprint density at radius 1 is 1.36 bits per heavy atom. The molecular weight excluding hydrogens is 176 g/mol. The fourth-order valence-corrected chi connectivity index (χ4v) is 1.17. The molecule has 14 heavy (non-hydrogen) atoms. The van der Waals surface area contributed by atoms with Gasteiger partial charge in [-0.15, -0.1) is 0 Å². The van der Waals surface area contributed by atoms with Crippen LogP contribution in [-0.2, 0) is 11.2 Å². The average molecular weight is 192 g/mol. The molecule has 0 aliphatic carbocycles. The standard InChI is InChI=1S/C11H16N2O/c1-11(13,10(12)14)8-7-9-5-3-2-4-6-9/h2-6H,7-8,13H2,1H3,(H2,12,14)/t11-/m0/s1. The van der Waals surface area contributed by atoms with Crippen LogP contribution < -0.4 is 11.5 Å². The molecule has 3 heteroatoms. The van der Waals surface area contributed by atoms with Crippen molar-refractivity contribution in [1.29, 1.82) is 0 Å². The van der Waals surface area contributed by atoms with Crippen LogP contribution in [0.3, 0.4) is 0 Å². The van der Waals surface area contributed by atoms with Gasteiger partial charge in [0.25, 0.3) is 0 Å². The van der Waals surface area contributed by atoms with E-state index in [4.69, 9.17) is 11.5 Å². The predicted molar refractivity (Wildman–Crippen MR) is 56.5 cm³/mol. The van der Waals surface area contributed by atoms with Crippen LogP contribution in [0.2, 0.25) is 0 Å². The van der Waals surface area contributed by atoms with Crippen LogP contribution in [-0.4, -0.2) is 11.4 Å². The highest BCUT2D eigenvalue weighted by molar-refractivity contribution is 5.83. The van der Waals surface area contributed by atoms with Crippen molar-refractivity contribution in [3.63, 3.8) is 0 Å². The Morgan fingerprint density at radius 2 is 1.93 bits per heavy atom. The Hall–Kier alpha value is -1.35. The Balaban J connectivity index is 2.53. The van der Waals surface area contributed by atoms with Crippen molar-refractivity contribution >= 4 is 5.91 Å². The van der Waals surface area contributed by atoms with Crippen molar-refractivity contribution < 1.29 is 4.79 Å². The summed E-state index contributed by atoms with van der Waals surface area (Å²) < 4.78 is 0. The number of primary amides is 1. The molecule has 0 aliphatic heterocycles. The first-order chi connectivity index (χ1) is 6.52. The van der Waals surface area contributed by atoms with E-state index in [2.05, 4.69) is 0 Å². The maximum atomic E-state index is 10.9. The van der Waals surface area contributed by atoms with Gasteiger partial charge in [-0.25, -0.2) is 0 Å². The molecule has 76 valence electrons. The van der Waals surface area contributed by atoms with Gasteiger partial charge >= 0.3 is 0 Å². The molecule has 0 spiro atoms. The van der Waals surface area contributed by atoms with Crippen molar-refractivity contribution in [1.82, 2.24) is 0 Å². The summed E-state index contributed by atoms with van der Waals surface area (Å²) in [4.78, 5) is 10.9. The fourth-order valence-electron chi connectivity index (χ4n) is 1.17. The largest absolute Gasteiger partial charge is 0.368 e. The van der Waals surface area contributed by atoms with E-state index in [1.165, 1.54) is 5.56 Å². The van der Waals surface area contributed by atoms with E-state index >= 15 is 0 Å². The molecule has 1 aromatic rings. The second kappa shape index (κ2) is 4.24. The van der Waals surface area contributed by atoms with Crippen LogP contribution >= 0.6 is 0 Å². The minimum Gasteiger partial charge on any atom is -0.368 e. The van der Waals surface area contributed by atoms with Gasteiger partial charge in [0.2, 0.25) is 5.91 Å². The molecule has 0 aliphatic rings. The molecule has 1 atom stereocenters. The van der Waals surface area contributed by atoms with Gasteiger partial charge < -0.3 is 11.5 Å². The molecule has 3 nitrogen and oxygen atoms in total. The number of aryl methyl sites for hydroxylation is 1. The smallest absolute Gasteiger partial charge is 0.237 e. The predicted octanol–water partition coefficient (Wildman–Crippen LogP) is 0.822. The van der Waals surface area contributed by atoms with Crippen LogP contribution in [0.15, 0.2) is 30.3 Å². The molecular formula is C11H16N2O. The molecule has 1 aromatic carbocycles. The third-order valence-electron chi connectivity index (χ3n) is 2.34. The lowest BCUT2D eigenvalue weighted by Gasteiger charge is -2.19. The highest BCUT2D eigenvalue weighted by Crippen LogP contribution is 2.10. The second-order valence-electron chi connectivity index (χ2n) is 3.77. The second-order valence-corrected chi connectivity index (χ2v) is 3.77. The van der Waals surface area contributed by atoms with Crippen molar-refractivity contribution in [2.45, 2.75) is 25.3 Å². The van der Waals surface area contributed by atoms with Crippen LogP contribution in [0, 0.1) is 0 Å². The van der Waals surface area contributed by atoms with Gasteiger partial charge in [0, 0.05) is 0 Å². The Labute approximate surface area is 84.1 Å². The summed E-state index contributed by atoms with van der Waals surface area (Å²) in [5, 5.41) is 0. The van der Waals surface area contributed by atoms with Crippen LogP contribution in [0.5, 0.6) is 0 Å². The van der Waals surface area contributed by atoms with E-state index in [9.17, 15) is 4.79 Å². The van der Waals surface area contributed by atoms with Gasteiger partial charge in [0.05, 0.1) is 5.54 Å². The number of amides is 1. The van der Waals surface area contributed by atoms with Crippen molar-refractivity contribution in [2.75, 3.05) is 0 Å². The van der Waals surface area contributed by atoms with Crippen molar-refractivity contribution in [3.8, 4) is 0 Å². The maximum Gasteiger partial charge on any atom is 0.237 e. The number of carbonyl (C=O) groups excluding carboxylic acids is 1. The first-order valence-corrected chi connectivity index (χ1v) is 4.65. The maximum absolute atomic E-state index is 10.9. The van der Waals surface area contributed by atoms with Crippen LogP contribution in [0.1, 0.15) is 18.9 Å². The molecule has 0 radical (unpaired) electrons. The Kier molecular flexibility index (Phi) is 3.25. The summed E-state index contributed by atoms with van der Waals surface area (Å²) in [6.45, 7) is 1.66. The number of nitrogens with two attached hydrogens (primary N) is 2. The molecule has 0 aromatic heterocycles. The Bertz CT molecular complexity index is 306. The first-order valence-electron chi connectivity index (χ1n) is 4.65. The summed E-state index contributed by atoms with van der Waals surface area (Å²) in [6.07, 6.45) is 1.35. The van der Waals surface area contributed by atoms with Gasteiger partial charge in [0.15, 0.2) is 0 Å². The van der Waals surface area contributed by atoms with Crippen LogP contribution in [0.4, 0.5) is 0 Å². The third kappa shape index (κ3) is 2.85. The zero-order valence-corrected chi connectivity index (χ0v) is 8.36. The fraction of sp³-hybridized carbons (Fsp3) is 0.364. The first kappa shape index (κ1) is 10.7. The van der Waals surface area contributed by atoms with E-state index in [0.717, 1.165) is 6.42 Å². The molecule has 0 bridgehead atoms. The molecule has 4 N–H and O–H groups in total. The average Bonchev–Trinajstić information content (AvgIpc) is 2.16. The topological polar surface area (TPSA) is 69.1 Å². The number of hydrogen-bond donors (Lipinski definition) is 2. The zero-order chi connectivity index (χ0) is 10.6. The highest BCUT2D eigenvalue weighted by atomic mass is 16.1. The monoisotopic (exact) mass is 192 g/mol. The van der Waals surface area contributed by atoms with Gasteiger partial charge in [0.1, 0.15) is 0 Å². The lowest BCUT2D eigenvalue weighted by molar-refractivity contribution is -0.122. The molecule has 0 saturated heterocycles. The summed E-state index contributed by atoms with van der Waals surface area (Å²) in [6, 6.07) is 9.91. The summed E-state index contributed by atoms with van der Waals surface area (Å²) in [7, 11) is 0. The lowest BCUT2D eigenvalue weighted by atomic mass is 9.94. The van der Waals surface area contributed by atoms with E-state index in [1.807, 2.05) is 30.3 Å². The molecule has 1 amide bonds.